The van der Waals surface area contributed by atoms with Crippen LogP contribution in [-0.2, 0) is 9.47 Å². The van der Waals surface area contributed by atoms with E-state index < -0.39 is 13.9 Å². The Balaban J connectivity index is 1.59. The predicted octanol–water partition coefficient (Wildman–Crippen LogP) is 3.74. The summed E-state index contributed by atoms with van der Waals surface area (Å²) in [6, 6.07) is 13.6. The van der Waals surface area contributed by atoms with Crippen molar-refractivity contribution in [3.63, 3.8) is 0 Å². The molecule has 1 saturated heterocycles. The lowest BCUT2D eigenvalue weighted by Gasteiger charge is -2.38. The van der Waals surface area contributed by atoms with E-state index in [-0.39, 0.29) is 23.5 Å². The van der Waals surface area contributed by atoms with Crippen molar-refractivity contribution in [2.45, 2.75) is 62.6 Å². The van der Waals surface area contributed by atoms with Crippen molar-refractivity contribution in [1.82, 2.24) is 19.5 Å². The van der Waals surface area contributed by atoms with Gasteiger partial charge < -0.3 is 19.8 Å². The Kier molecular flexibility index (Phi) is 6.19. The van der Waals surface area contributed by atoms with Gasteiger partial charge in [0.05, 0.1) is 27.0 Å². The molecule has 0 amide bonds. The summed E-state index contributed by atoms with van der Waals surface area (Å²) in [7, 11) is -0.186. The van der Waals surface area contributed by atoms with Gasteiger partial charge in [-0.1, -0.05) is 67.0 Å². The highest BCUT2D eigenvalue weighted by atomic mass is 28.3. The Morgan fingerprint density at radius 2 is 1.97 bits per heavy atom. The number of benzene rings is 1. The number of imidazole rings is 1. The zero-order valence-corrected chi connectivity index (χ0v) is 21.8. The smallest absolute Gasteiger partial charge is 0.280 e. The summed E-state index contributed by atoms with van der Waals surface area (Å²) < 4.78 is 13.9. The van der Waals surface area contributed by atoms with Crippen molar-refractivity contribution >= 4 is 30.4 Å². The number of rotatable bonds is 7. The van der Waals surface area contributed by atoms with Gasteiger partial charge in [0.25, 0.3) is 5.56 Å². The lowest BCUT2D eigenvalue weighted by atomic mass is 10.0. The molecule has 1 aliphatic carbocycles. The van der Waals surface area contributed by atoms with Crippen molar-refractivity contribution in [1.29, 1.82) is 0 Å². The van der Waals surface area contributed by atoms with Gasteiger partial charge in [-0.2, -0.15) is 4.98 Å². The lowest BCUT2D eigenvalue weighted by Crippen LogP contribution is -2.51. The number of nitrogen functional groups attached to an aromatic ring is 1. The summed E-state index contributed by atoms with van der Waals surface area (Å²) in [5.74, 6) is -0.404. The van der Waals surface area contributed by atoms with E-state index in [0.717, 1.165) is 12.0 Å². The highest BCUT2D eigenvalue weighted by Crippen LogP contribution is 2.56. The molecule has 3 aromatic rings. The van der Waals surface area contributed by atoms with E-state index in [1.165, 1.54) is 30.1 Å². The molecule has 8 nitrogen and oxygen atoms in total. The Bertz CT molecular complexity index is 1280. The second kappa shape index (κ2) is 9.04. The van der Waals surface area contributed by atoms with E-state index in [0.29, 0.717) is 23.3 Å². The average molecular weight is 494 g/mol. The highest BCUT2D eigenvalue weighted by molar-refractivity contribution is 6.93. The first-order chi connectivity index (χ1) is 16.8. The number of nitrogens with two attached hydrogens (primary N) is 1. The van der Waals surface area contributed by atoms with E-state index in [1.54, 1.807) is 13.4 Å². The molecule has 0 bridgehead atoms. The third-order valence-electron chi connectivity index (χ3n) is 8.31. The molecule has 9 heteroatoms. The topological polar surface area (TPSA) is 108 Å². The number of hydrogen-bond acceptors (Lipinski definition) is 6. The van der Waals surface area contributed by atoms with Gasteiger partial charge in [-0.3, -0.25) is 9.78 Å². The Morgan fingerprint density at radius 1 is 1.26 bits per heavy atom. The first kappa shape index (κ1) is 24.0. The second-order valence-electron chi connectivity index (χ2n) is 10.5. The summed E-state index contributed by atoms with van der Waals surface area (Å²) in [6.07, 6.45) is 5.19. The average Bonchev–Trinajstić information content (AvgIpc) is 3.56. The van der Waals surface area contributed by atoms with Gasteiger partial charge in [-0.25, -0.2) is 4.98 Å². The largest absolute Gasteiger partial charge is 0.369 e. The number of aromatic amines is 1. The number of aromatic nitrogens is 4. The maximum Gasteiger partial charge on any atom is 0.280 e. The Labute approximate surface area is 206 Å². The van der Waals surface area contributed by atoms with Crippen molar-refractivity contribution < 1.29 is 9.47 Å². The third kappa shape index (κ3) is 4.15. The van der Waals surface area contributed by atoms with Gasteiger partial charge >= 0.3 is 0 Å². The van der Waals surface area contributed by atoms with E-state index in [9.17, 15) is 4.79 Å². The number of methoxy groups -OCH3 is 1. The Morgan fingerprint density at radius 3 is 2.66 bits per heavy atom. The number of nitrogens with one attached hydrogen (secondary N) is 1. The standard InChI is InChI=1S/C26H35N5O3Si/c1-17-19(15-34-26(2,3)33-4)21(35(12-8-9-13-35)18-10-6-5-7-11-18)14-20(17)31-16-28-22-23(31)29-25(27)30-24(22)32/h5-7,10-11,16,19-21H,1,8-9,12-15H2,2-4H3,(H3,27,29,30,32)/t19-,20-,21-/m0/s1. The van der Waals surface area contributed by atoms with Crippen LogP contribution in [0.25, 0.3) is 11.2 Å². The molecule has 5 rings (SSSR count). The Hall–Kier alpha value is -2.75. The van der Waals surface area contributed by atoms with Crippen LogP contribution in [0.2, 0.25) is 17.6 Å². The number of fused-ring (bicyclic) bond motifs is 1. The molecule has 1 aromatic carbocycles. The summed E-state index contributed by atoms with van der Waals surface area (Å²) in [5.41, 5.74) is 7.95. The SMILES string of the molecule is C=C1[C@H](COC(C)(C)OC)[C@@H]([Si]2(c3ccccc3)CCCC2)C[C@@H]1n1cnc2c(=O)[nH]c(N)nc21. The van der Waals surface area contributed by atoms with Crippen LogP contribution in [0.1, 0.15) is 39.2 Å². The molecule has 3 atom stereocenters. The van der Waals surface area contributed by atoms with Crippen LogP contribution in [0.5, 0.6) is 0 Å². The molecule has 2 fully saturated rings. The van der Waals surface area contributed by atoms with Crippen molar-refractivity contribution in [3.8, 4) is 0 Å². The zero-order valence-electron chi connectivity index (χ0n) is 20.8. The summed E-state index contributed by atoms with van der Waals surface area (Å²) in [4.78, 5) is 23.8. The normalized spacial score (nSPS) is 24.4. The molecule has 2 aliphatic rings. The van der Waals surface area contributed by atoms with Crippen LogP contribution in [0.15, 0.2) is 53.6 Å². The van der Waals surface area contributed by atoms with Gasteiger partial charge in [0.2, 0.25) is 5.95 Å². The fraction of sp³-hybridized carbons (Fsp3) is 0.500. The first-order valence-corrected chi connectivity index (χ1v) is 14.9. The minimum atomic E-state index is -1.86. The number of hydrogen-bond donors (Lipinski definition) is 2. The molecular weight excluding hydrogens is 458 g/mol. The quantitative estimate of drug-likeness (QED) is 0.295. The monoisotopic (exact) mass is 493 g/mol. The van der Waals surface area contributed by atoms with Crippen LogP contribution in [0.4, 0.5) is 5.95 Å². The van der Waals surface area contributed by atoms with Crippen molar-refractivity contribution in [2.24, 2.45) is 5.92 Å². The minimum absolute atomic E-state index is 0.0216. The van der Waals surface area contributed by atoms with Gasteiger partial charge in [-0.05, 0) is 31.4 Å². The van der Waals surface area contributed by atoms with Crippen molar-refractivity contribution in [3.05, 3.63) is 59.2 Å². The fourth-order valence-electron chi connectivity index (χ4n) is 6.36. The molecule has 35 heavy (non-hydrogen) atoms. The van der Waals surface area contributed by atoms with Crippen LogP contribution < -0.4 is 16.5 Å². The molecule has 3 N–H and O–H groups in total. The molecular formula is C26H35N5O3Si. The van der Waals surface area contributed by atoms with Crippen LogP contribution >= 0.6 is 0 Å². The van der Waals surface area contributed by atoms with Gasteiger partial charge in [-0.15, -0.1) is 0 Å². The van der Waals surface area contributed by atoms with Crippen molar-refractivity contribution in [2.75, 3.05) is 19.5 Å². The van der Waals surface area contributed by atoms with Gasteiger partial charge in [0.15, 0.2) is 17.0 Å². The van der Waals surface area contributed by atoms with E-state index in [4.69, 9.17) is 15.2 Å². The first-order valence-electron chi connectivity index (χ1n) is 12.4. The second-order valence-corrected chi connectivity index (χ2v) is 15.1. The van der Waals surface area contributed by atoms with Gasteiger partial charge in [0, 0.05) is 13.0 Å². The molecule has 2 aromatic heterocycles. The number of ether oxygens (including phenoxy) is 2. The van der Waals surface area contributed by atoms with Crippen LogP contribution in [0, 0.1) is 5.92 Å². The predicted molar refractivity (Wildman–Crippen MR) is 140 cm³/mol. The molecule has 1 saturated carbocycles. The molecule has 186 valence electrons. The molecule has 0 unspecified atom stereocenters. The summed E-state index contributed by atoms with van der Waals surface area (Å²) >= 11 is 0. The maximum atomic E-state index is 12.4. The summed E-state index contributed by atoms with van der Waals surface area (Å²) in [6.45, 7) is 9.04. The van der Waals surface area contributed by atoms with E-state index in [1.807, 2.05) is 18.4 Å². The highest BCUT2D eigenvalue weighted by Gasteiger charge is 2.53. The fourth-order valence-corrected chi connectivity index (χ4v) is 12.7. The van der Waals surface area contributed by atoms with Crippen LogP contribution in [0.3, 0.4) is 0 Å². The molecule has 1 aliphatic heterocycles. The maximum absolute atomic E-state index is 12.4. The summed E-state index contributed by atoms with van der Waals surface area (Å²) in [5, 5.41) is 1.53. The number of H-pyrrole nitrogens is 1. The minimum Gasteiger partial charge on any atom is -0.369 e. The molecule has 3 heterocycles. The lowest BCUT2D eigenvalue weighted by molar-refractivity contribution is -0.201. The van der Waals surface area contributed by atoms with E-state index in [2.05, 4.69) is 51.9 Å². The van der Waals surface area contributed by atoms with Crippen LogP contribution in [-0.4, -0.2) is 47.1 Å². The van der Waals surface area contributed by atoms with E-state index >= 15 is 0 Å². The zero-order chi connectivity index (χ0) is 24.8. The molecule has 0 radical (unpaired) electrons. The number of nitrogens with zero attached hydrogens (tertiary/aromatic N) is 3. The number of anilines is 1. The molecule has 0 spiro atoms. The van der Waals surface area contributed by atoms with Gasteiger partial charge in [0.1, 0.15) is 0 Å². The third-order valence-corrected chi connectivity index (χ3v) is 14.3.